The predicted octanol–water partition coefficient (Wildman–Crippen LogP) is 6.41. The summed E-state index contributed by atoms with van der Waals surface area (Å²) < 4.78 is 32.3. The van der Waals surface area contributed by atoms with E-state index < -0.39 is 24.2 Å². The lowest BCUT2D eigenvalue weighted by Crippen LogP contribution is -2.50. The van der Waals surface area contributed by atoms with E-state index in [0.29, 0.717) is 22.4 Å². The number of nitrogens with zero attached hydrogens (tertiary/aromatic N) is 1. The smallest absolute Gasteiger partial charge is 0.408 e. The van der Waals surface area contributed by atoms with Crippen molar-refractivity contribution >= 4 is 17.7 Å². The van der Waals surface area contributed by atoms with Crippen LogP contribution in [-0.2, 0) is 9.53 Å². The minimum Gasteiger partial charge on any atom is -0.444 e. The van der Waals surface area contributed by atoms with Gasteiger partial charge in [0, 0.05) is 17.4 Å². The number of hydrogen-bond acceptors (Lipinski definition) is 4. The molecule has 1 aromatic heterocycles. The number of ether oxygens (including phenoxy) is 1. The molecule has 1 fully saturated rings. The summed E-state index contributed by atoms with van der Waals surface area (Å²) in [5, 5.41) is 5.63. The Kier molecular flexibility index (Phi) is 8.23. The number of carbonyl (C=O) groups is 2. The number of pyridine rings is 1. The number of benzene rings is 1. The van der Waals surface area contributed by atoms with Crippen molar-refractivity contribution in [3.05, 3.63) is 47.8 Å². The average Bonchev–Trinajstić information content (AvgIpc) is 2.77. The third-order valence-electron chi connectivity index (χ3n) is 5.91. The van der Waals surface area contributed by atoms with Crippen molar-refractivity contribution in [2.45, 2.75) is 77.9 Å². The number of aryl methyl sites for hydroxylation is 1. The summed E-state index contributed by atoms with van der Waals surface area (Å²) in [5.74, 6) is -0.302. The molecule has 0 spiro atoms. The molecule has 2 N–H and O–H groups in total. The molecule has 2 amide bonds. The van der Waals surface area contributed by atoms with Gasteiger partial charge in [-0.2, -0.15) is 0 Å². The molecule has 8 heteroatoms. The standard InChI is InChI=1S/C26H33F2N3O3/c1-16-14-15-29-22(23(27)28)20(16)17-10-12-19(13-11-17)30-24(32)21(18-8-6-5-7-9-18)31-25(33)34-26(2,3)4/h10-15,18,21,23H,5-9H2,1-4H3,(H,30,32)(H,31,33)/t21-/m0/s1. The van der Waals surface area contributed by atoms with Crippen molar-refractivity contribution in [2.24, 2.45) is 5.92 Å². The number of aromatic nitrogens is 1. The van der Waals surface area contributed by atoms with E-state index in [9.17, 15) is 18.4 Å². The number of nitrogens with one attached hydrogen (secondary N) is 2. The van der Waals surface area contributed by atoms with Gasteiger partial charge in [0.15, 0.2) is 0 Å². The summed E-state index contributed by atoms with van der Waals surface area (Å²) >= 11 is 0. The molecule has 184 valence electrons. The monoisotopic (exact) mass is 473 g/mol. The number of anilines is 1. The maximum absolute atomic E-state index is 13.5. The maximum atomic E-state index is 13.5. The van der Waals surface area contributed by atoms with Gasteiger partial charge in [-0.15, -0.1) is 0 Å². The number of carbonyl (C=O) groups excluding carboxylic acids is 2. The number of amides is 2. The number of rotatable bonds is 6. The summed E-state index contributed by atoms with van der Waals surface area (Å²) in [5.41, 5.74) is 1.25. The first kappa shape index (κ1) is 25.6. The van der Waals surface area contributed by atoms with E-state index in [1.165, 1.54) is 6.20 Å². The average molecular weight is 474 g/mol. The first-order chi connectivity index (χ1) is 16.0. The molecule has 1 aliphatic rings. The fourth-order valence-electron chi connectivity index (χ4n) is 4.36. The lowest BCUT2D eigenvalue weighted by atomic mass is 9.83. The molecule has 0 bridgehead atoms. The Bertz CT molecular complexity index is 997. The second-order valence-corrected chi connectivity index (χ2v) is 9.78. The van der Waals surface area contributed by atoms with Crippen LogP contribution in [0.1, 0.15) is 70.6 Å². The zero-order chi connectivity index (χ0) is 24.9. The largest absolute Gasteiger partial charge is 0.444 e. The molecule has 2 aromatic rings. The number of halogens is 2. The zero-order valence-corrected chi connectivity index (χ0v) is 20.2. The van der Waals surface area contributed by atoms with E-state index in [1.807, 2.05) is 0 Å². The quantitative estimate of drug-likeness (QED) is 0.508. The van der Waals surface area contributed by atoms with Crippen LogP contribution in [0.25, 0.3) is 11.1 Å². The highest BCUT2D eigenvalue weighted by Gasteiger charge is 2.32. The molecular formula is C26H33F2N3O3. The fraction of sp³-hybridized carbons (Fsp3) is 0.500. The Labute approximate surface area is 199 Å². The van der Waals surface area contributed by atoms with Gasteiger partial charge in [-0.3, -0.25) is 9.78 Å². The highest BCUT2D eigenvalue weighted by atomic mass is 19.3. The Morgan fingerprint density at radius 1 is 1.06 bits per heavy atom. The van der Waals surface area contributed by atoms with E-state index in [0.717, 1.165) is 32.1 Å². The summed E-state index contributed by atoms with van der Waals surface area (Å²) in [6, 6.07) is 7.67. The number of alkyl carbamates (subject to hydrolysis) is 1. The minimum atomic E-state index is -2.69. The normalized spacial score (nSPS) is 15.6. The van der Waals surface area contributed by atoms with Crippen LogP contribution in [0.5, 0.6) is 0 Å². The van der Waals surface area contributed by atoms with Crippen molar-refractivity contribution in [1.82, 2.24) is 10.3 Å². The number of hydrogen-bond donors (Lipinski definition) is 2. The van der Waals surface area contributed by atoms with Gasteiger partial charge in [0.05, 0.1) is 0 Å². The molecular weight excluding hydrogens is 440 g/mol. The second-order valence-electron chi connectivity index (χ2n) is 9.78. The lowest BCUT2D eigenvalue weighted by Gasteiger charge is -2.31. The molecule has 0 radical (unpaired) electrons. The van der Waals surface area contributed by atoms with Crippen molar-refractivity contribution in [1.29, 1.82) is 0 Å². The summed E-state index contributed by atoms with van der Waals surface area (Å²) in [7, 11) is 0. The van der Waals surface area contributed by atoms with Gasteiger partial charge in [0.25, 0.3) is 6.43 Å². The van der Waals surface area contributed by atoms with Crippen LogP contribution in [0.4, 0.5) is 19.3 Å². The van der Waals surface area contributed by atoms with Crippen molar-refractivity contribution < 1.29 is 23.1 Å². The molecule has 0 unspecified atom stereocenters. The van der Waals surface area contributed by atoms with E-state index in [1.54, 1.807) is 58.0 Å². The molecule has 3 rings (SSSR count). The van der Waals surface area contributed by atoms with Crippen LogP contribution in [0.15, 0.2) is 36.5 Å². The van der Waals surface area contributed by atoms with E-state index in [4.69, 9.17) is 4.74 Å². The van der Waals surface area contributed by atoms with E-state index >= 15 is 0 Å². The Morgan fingerprint density at radius 3 is 2.29 bits per heavy atom. The highest BCUT2D eigenvalue weighted by molar-refractivity contribution is 5.97. The topological polar surface area (TPSA) is 80.3 Å². The minimum absolute atomic E-state index is 0.0205. The van der Waals surface area contributed by atoms with Gasteiger partial charge < -0.3 is 15.4 Å². The molecule has 34 heavy (non-hydrogen) atoms. The molecule has 6 nitrogen and oxygen atoms in total. The highest BCUT2D eigenvalue weighted by Crippen LogP contribution is 2.33. The predicted molar refractivity (Wildman–Crippen MR) is 128 cm³/mol. The van der Waals surface area contributed by atoms with Crippen molar-refractivity contribution in [3.8, 4) is 11.1 Å². The SMILES string of the molecule is Cc1ccnc(C(F)F)c1-c1ccc(NC(=O)[C@@H](NC(=O)OC(C)(C)C)C2CCCCC2)cc1. The van der Waals surface area contributed by atoms with Crippen LogP contribution < -0.4 is 10.6 Å². The van der Waals surface area contributed by atoms with Crippen molar-refractivity contribution in [3.63, 3.8) is 0 Å². The Balaban J connectivity index is 1.77. The molecule has 0 aliphatic heterocycles. The molecule has 1 heterocycles. The Morgan fingerprint density at radius 2 is 1.71 bits per heavy atom. The number of alkyl halides is 2. The van der Waals surface area contributed by atoms with Crippen LogP contribution in [-0.4, -0.2) is 28.6 Å². The van der Waals surface area contributed by atoms with Gasteiger partial charge in [-0.05, 0) is 75.8 Å². The first-order valence-corrected chi connectivity index (χ1v) is 11.7. The molecule has 0 saturated heterocycles. The van der Waals surface area contributed by atoms with Gasteiger partial charge in [0.1, 0.15) is 17.3 Å². The van der Waals surface area contributed by atoms with Crippen molar-refractivity contribution in [2.75, 3.05) is 5.32 Å². The molecule has 1 atom stereocenters. The van der Waals surface area contributed by atoms with Gasteiger partial charge >= 0.3 is 6.09 Å². The fourth-order valence-corrected chi connectivity index (χ4v) is 4.36. The second kappa shape index (κ2) is 10.9. The van der Waals surface area contributed by atoms with Crippen LogP contribution >= 0.6 is 0 Å². The van der Waals surface area contributed by atoms with Gasteiger partial charge in [0.2, 0.25) is 5.91 Å². The third kappa shape index (κ3) is 6.74. The van der Waals surface area contributed by atoms with Crippen LogP contribution in [0, 0.1) is 12.8 Å². The summed E-state index contributed by atoms with van der Waals surface area (Å²) in [6.45, 7) is 7.07. The first-order valence-electron chi connectivity index (χ1n) is 11.7. The van der Waals surface area contributed by atoms with Crippen LogP contribution in [0.3, 0.4) is 0 Å². The Hall–Kier alpha value is -3.03. The maximum Gasteiger partial charge on any atom is 0.408 e. The zero-order valence-electron chi connectivity index (χ0n) is 20.2. The third-order valence-corrected chi connectivity index (χ3v) is 5.91. The summed E-state index contributed by atoms with van der Waals surface area (Å²) in [4.78, 5) is 29.4. The van der Waals surface area contributed by atoms with Crippen LogP contribution in [0.2, 0.25) is 0 Å². The van der Waals surface area contributed by atoms with E-state index in [2.05, 4.69) is 15.6 Å². The lowest BCUT2D eigenvalue weighted by molar-refractivity contribution is -0.119. The molecule has 1 aromatic carbocycles. The van der Waals surface area contributed by atoms with Gasteiger partial charge in [-0.25, -0.2) is 13.6 Å². The molecule has 1 aliphatic carbocycles. The summed E-state index contributed by atoms with van der Waals surface area (Å²) in [6.07, 6.45) is 2.90. The van der Waals surface area contributed by atoms with E-state index in [-0.39, 0.29) is 17.5 Å². The van der Waals surface area contributed by atoms with Gasteiger partial charge in [-0.1, -0.05) is 31.4 Å². The molecule has 1 saturated carbocycles.